The standard InChI is InChI=1S/C20H35NO/c1-13(2)21(14(3)4)17-12-15(19(5,6)7)11-16(18(17)22)20(8,9)10/h11-14,22H,1-10H3. The van der Waals surface area contributed by atoms with Gasteiger partial charge in [0.2, 0.25) is 0 Å². The van der Waals surface area contributed by atoms with Crippen molar-refractivity contribution in [3.05, 3.63) is 23.3 Å². The van der Waals surface area contributed by atoms with Crippen molar-refractivity contribution in [2.24, 2.45) is 0 Å². The maximum Gasteiger partial charge on any atom is 0.142 e. The Labute approximate surface area is 137 Å². The van der Waals surface area contributed by atoms with Gasteiger partial charge in [-0.2, -0.15) is 0 Å². The highest BCUT2D eigenvalue weighted by atomic mass is 16.3. The summed E-state index contributed by atoms with van der Waals surface area (Å²) in [6.07, 6.45) is 0. The van der Waals surface area contributed by atoms with Crippen LogP contribution < -0.4 is 4.90 Å². The first-order chi connectivity index (χ1) is 9.76. The van der Waals surface area contributed by atoms with Crippen LogP contribution in [0.2, 0.25) is 0 Å². The maximum atomic E-state index is 10.9. The maximum absolute atomic E-state index is 10.9. The topological polar surface area (TPSA) is 23.5 Å². The van der Waals surface area contributed by atoms with Gasteiger partial charge < -0.3 is 10.0 Å². The third kappa shape index (κ3) is 3.97. The molecular weight excluding hydrogens is 270 g/mol. The number of hydrogen-bond acceptors (Lipinski definition) is 2. The molecule has 0 saturated heterocycles. The fourth-order valence-electron chi connectivity index (χ4n) is 2.97. The van der Waals surface area contributed by atoms with Crippen molar-refractivity contribution >= 4 is 5.69 Å². The van der Waals surface area contributed by atoms with Crippen molar-refractivity contribution in [3.8, 4) is 5.75 Å². The third-order valence-corrected chi connectivity index (χ3v) is 4.15. The smallest absolute Gasteiger partial charge is 0.142 e. The lowest BCUT2D eigenvalue weighted by molar-refractivity contribution is 0.439. The van der Waals surface area contributed by atoms with Gasteiger partial charge in [-0.15, -0.1) is 0 Å². The van der Waals surface area contributed by atoms with Crippen LogP contribution in [0.25, 0.3) is 0 Å². The molecule has 0 amide bonds. The molecule has 0 unspecified atom stereocenters. The fourth-order valence-corrected chi connectivity index (χ4v) is 2.97. The molecule has 0 aliphatic heterocycles. The van der Waals surface area contributed by atoms with Crippen molar-refractivity contribution in [2.75, 3.05) is 4.90 Å². The first-order valence-electron chi connectivity index (χ1n) is 8.43. The van der Waals surface area contributed by atoms with Crippen LogP contribution in [0.15, 0.2) is 12.1 Å². The summed E-state index contributed by atoms with van der Waals surface area (Å²) in [5.41, 5.74) is 3.24. The zero-order valence-electron chi connectivity index (χ0n) is 16.2. The Kier molecular flexibility index (Phi) is 5.26. The molecule has 0 bridgehead atoms. The second-order valence-electron chi connectivity index (χ2n) is 8.99. The van der Waals surface area contributed by atoms with Gasteiger partial charge >= 0.3 is 0 Å². The van der Waals surface area contributed by atoms with Crippen LogP contribution in [0.5, 0.6) is 5.75 Å². The van der Waals surface area contributed by atoms with Gasteiger partial charge in [-0.25, -0.2) is 0 Å². The molecule has 1 aromatic rings. The van der Waals surface area contributed by atoms with Gasteiger partial charge in [-0.1, -0.05) is 47.6 Å². The van der Waals surface area contributed by atoms with Crippen LogP contribution in [0.4, 0.5) is 5.69 Å². The summed E-state index contributed by atoms with van der Waals surface area (Å²) >= 11 is 0. The normalized spacial score (nSPS) is 13.1. The van der Waals surface area contributed by atoms with Crippen molar-refractivity contribution in [1.29, 1.82) is 0 Å². The van der Waals surface area contributed by atoms with Crippen LogP contribution in [-0.4, -0.2) is 17.2 Å². The van der Waals surface area contributed by atoms with Gasteiger partial charge in [0, 0.05) is 17.6 Å². The van der Waals surface area contributed by atoms with Crippen LogP contribution in [0.1, 0.15) is 80.4 Å². The predicted octanol–water partition coefficient (Wildman–Crippen LogP) is 5.61. The Morgan fingerprint density at radius 2 is 1.27 bits per heavy atom. The second-order valence-corrected chi connectivity index (χ2v) is 8.99. The summed E-state index contributed by atoms with van der Waals surface area (Å²) in [5, 5.41) is 10.9. The van der Waals surface area contributed by atoms with E-state index >= 15 is 0 Å². The zero-order chi connectivity index (χ0) is 17.5. The quantitative estimate of drug-likeness (QED) is 0.784. The number of nitrogens with zero attached hydrogens (tertiary/aromatic N) is 1. The van der Waals surface area contributed by atoms with E-state index in [1.165, 1.54) is 5.56 Å². The van der Waals surface area contributed by atoms with Crippen molar-refractivity contribution in [3.63, 3.8) is 0 Å². The summed E-state index contributed by atoms with van der Waals surface area (Å²) in [6, 6.07) is 5.03. The molecule has 0 saturated carbocycles. The molecule has 1 N–H and O–H groups in total. The van der Waals surface area contributed by atoms with Crippen molar-refractivity contribution in [1.82, 2.24) is 0 Å². The van der Waals surface area contributed by atoms with Crippen molar-refractivity contribution < 1.29 is 5.11 Å². The summed E-state index contributed by atoms with van der Waals surface area (Å²) in [5.74, 6) is 0.433. The zero-order valence-corrected chi connectivity index (χ0v) is 16.2. The number of aromatic hydroxyl groups is 1. The SMILES string of the molecule is CC(C)N(c1cc(C(C)(C)C)cc(C(C)(C)C)c1O)C(C)C. The minimum atomic E-state index is -0.0836. The number of hydrogen-bond donors (Lipinski definition) is 1. The van der Waals surface area contributed by atoms with E-state index in [-0.39, 0.29) is 10.8 Å². The molecule has 126 valence electrons. The number of phenolic OH excluding ortho intramolecular Hbond substituents is 1. The number of phenols is 1. The highest BCUT2D eigenvalue weighted by Gasteiger charge is 2.28. The Hall–Kier alpha value is -1.18. The minimum absolute atomic E-state index is 0.0576. The van der Waals surface area contributed by atoms with Crippen molar-refractivity contribution in [2.45, 2.75) is 92.2 Å². The molecule has 0 heterocycles. The molecule has 2 heteroatoms. The van der Waals surface area contributed by atoms with Gasteiger partial charge in [0.05, 0.1) is 5.69 Å². The Bertz CT molecular complexity index is 508. The van der Waals surface area contributed by atoms with Crippen LogP contribution in [-0.2, 0) is 10.8 Å². The monoisotopic (exact) mass is 305 g/mol. The van der Waals surface area contributed by atoms with E-state index in [1.54, 1.807) is 0 Å². The Morgan fingerprint density at radius 3 is 1.59 bits per heavy atom. The number of benzene rings is 1. The molecule has 0 spiro atoms. The third-order valence-electron chi connectivity index (χ3n) is 4.15. The summed E-state index contributed by atoms with van der Waals surface area (Å²) in [6.45, 7) is 21.9. The largest absolute Gasteiger partial charge is 0.505 e. The molecule has 0 aromatic heterocycles. The summed E-state index contributed by atoms with van der Waals surface area (Å²) in [4.78, 5) is 2.31. The molecule has 0 aliphatic rings. The van der Waals surface area contributed by atoms with E-state index in [9.17, 15) is 5.11 Å². The lowest BCUT2D eigenvalue weighted by Crippen LogP contribution is -2.37. The first-order valence-corrected chi connectivity index (χ1v) is 8.43. The van der Waals surface area contributed by atoms with Gasteiger partial charge in [-0.05, 0) is 50.2 Å². The Balaban J connectivity index is 3.69. The van der Waals surface area contributed by atoms with E-state index in [0.717, 1.165) is 11.3 Å². The minimum Gasteiger partial charge on any atom is -0.505 e. The van der Waals surface area contributed by atoms with Gasteiger partial charge in [0.15, 0.2) is 0 Å². The van der Waals surface area contributed by atoms with Gasteiger partial charge in [0.1, 0.15) is 5.75 Å². The van der Waals surface area contributed by atoms with Crippen LogP contribution in [0.3, 0.4) is 0 Å². The molecule has 1 aromatic carbocycles. The summed E-state index contributed by atoms with van der Waals surface area (Å²) in [7, 11) is 0. The first kappa shape index (κ1) is 18.9. The molecule has 22 heavy (non-hydrogen) atoms. The van der Waals surface area contributed by atoms with E-state index in [0.29, 0.717) is 17.8 Å². The molecule has 1 rings (SSSR count). The number of anilines is 1. The average molecular weight is 306 g/mol. The van der Waals surface area contributed by atoms with E-state index < -0.39 is 0 Å². The lowest BCUT2D eigenvalue weighted by atomic mass is 9.79. The van der Waals surface area contributed by atoms with E-state index in [4.69, 9.17) is 0 Å². The average Bonchev–Trinajstić information content (AvgIpc) is 2.27. The molecular formula is C20H35NO. The summed E-state index contributed by atoms with van der Waals surface area (Å²) < 4.78 is 0. The number of rotatable bonds is 3. The van der Waals surface area contributed by atoms with Crippen LogP contribution in [0, 0.1) is 0 Å². The lowest BCUT2D eigenvalue weighted by Gasteiger charge is -2.36. The second kappa shape index (κ2) is 6.14. The highest BCUT2D eigenvalue weighted by Crippen LogP contribution is 2.42. The molecule has 0 aliphatic carbocycles. The van der Waals surface area contributed by atoms with Gasteiger partial charge in [-0.3, -0.25) is 0 Å². The Morgan fingerprint density at radius 1 is 0.818 bits per heavy atom. The molecule has 0 fully saturated rings. The predicted molar refractivity (Wildman–Crippen MR) is 98.3 cm³/mol. The highest BCUT2D eigenvalue weighted by molar-refractivity contribution is 5.66. The van der Waals surface area contributed by atoms with E-state index in [2.05, 4.69) is 86.3 Å². The van der Waals surface area contributed by atoms with Gasteiger partial charge in [0.25, 0.3) is 0 Å². The van der Waals surface area contributed by atoms with Crippen LogP contribution >= 0.6 is 0 Å². The fraction of sp³-hybridized carbons (Fsp3) is 0.700. The molecule has 0 atom stereocenters. The van der Waals surface area contributed by atoms with E-state index in [1.807, 2.05) is 0 Å². The molecule has 2 nitrogen and oxygen atoms in total. The molecule has 0 radical (unpaired) electrons.